The predicted octanol–water partition coefficient (Wildman–Crippen LogP) is 2.94. The second-order valence-electron chi connectivity index (χ2n) is 8.51. The fourth-order valence-electron chi connectivity index (χ4n) is 4.00. The molecule has 32 heavy (non-hydrogen) atoms. The lowest BCUT2D eigenvalue weighted by Gasteiger charge is -2.24. The molecule has 0 saturated carbocycles. The summed E-state index contributed by atoms with van der Waals surface area (Å²) >= 11 is 0. The average molecular weight is 442 g/mol. The summed E-state index contributed by atoms with van der Waals surface area (Å²) in [5, 5.41) is 15.4. The maximum absolute atomic E-state index is 5.98. The van der Waals surface area contributed by atoms with Crippen LogP contribution in [0.3, 0.4) is 0 Å². The summed E-state index contributed by atoms with van der Waals surface area (Å²) in [5.41, 5.74) is 2.29. The summed E-state index contributed by atoms with van der Waals surface area (Å²) in [5.74, 6) is 3.49. The third-order valence-corrected chi connectivity index (χ3v) is 6.10. The Morgan fingerprint density at radius 1 is 1.22 bits per heavy atom. The molecule has 1 saturated heterocycles. The third-order valence-electron chi connectivity index (χ3n) is 6.10. The molecule has 0 bridgehead atoms. The second kappa shape index (κ2) is 11.9. The van der Waals surface area contributed by atoms with Crippen LogP contribution in [0.25, 0.3) is 0 Å². The number of likely N-dealkylation sites (tertiary alicyclic amines) is 1. The van der Waals surface area contributed by atoms with Gasteiger partial charge < -0.3 is 19.9 Å². The molecule has 1 unspecified atom stereocenters. The average Bonchev–Trinajstić information content (AvgIpc) is 3.38. The highest BCUT2D eigenvalue weighted by atomic mass is 16.5. The summed E-state index contributed by atoms with van der Waals surface area (Å²) in [6, 6.07) is 6.88. The minimum atomic E-state index is 0.548. The number of ether oxygens (including phenoxy) is 1. The minimum absolute atomic E-state index is 0.548. The number of benzene rings is 1. The van der Waals surface area contributed by atoms with E-state index in [1.54, 1.807) is 0 Å². The van der Waals surface area contributed by atoms with E-state index in [4.69, 9.17) is 9.73 Å². The first-order chi connectivity index (χ1) is 15.5. The van der Waals surface area contributed by atoms with Crippen LogP contribution >= 0.6 is 0 Å². The quantitative estimate of drug-likeness (QED) is 0.436. The molecule has 1 fully saturated rings. The third kappa shape index (κ3) is 6.45. The van der Waals surface area contributed by atoms with Gasteiger partial charge in [-0.3, -0.25) is 4.90 Å². The van der Waals surface area contributed by atoms with Gasteiger partial charge in [-0.1, -0.05) is 26.0 Å². The fraction of sp³-hybridized carbons (Fsp3) is 0.625. The lowest BCUT2D eigenvalue weighted by atomic mass is 10.1. The Kier molecular flexibility index (Phi) is 8.90. The monoisotopic (exact) mass is 441 g/mol. The van der Waals surface area contributed by atoms with E-state index in [0.29, 0.717) is 25.7 Å². The van der Waals surface area contributed by atoms with Gasteiger partial charge in [-0.25, -0.2) is 4.99 Å². The summed E-state index contributed by atoms with van der Waals surface area (Å²) in [7, 11) is 1.98. The number of aromatic nitrogens is 3. The molecular weight excluding hydrogens is 402 g/mol. The smallest absolute Gasteiger partial charge is 0.192 e. The molecule has 2 N–H and O–H groups in total. The zero-order valence-electron chi connectivity index (χ0n) is 20.3. The van der Waals surface area contributed by atoms with Crippen molar-refractivity contribution in [3.63, 3.8) is 0 Å². The van der Waals surface area contributed by atoms with Gasteiger partial charge >= 0.3 is 0 Å². The van der Waals surface area contributed by atoms with Crippen LogP contribution in [-0.2, 0) is 20.1 Å². The first-order valence-electron chi connectivity index (χ1n) is 11.8. The molecule has 0 spiro atoms. The van der Waals surface area contributed by atoms with Crippen molar-refractivity contribution < 1.29 is 4.74 Å². The van der Waals surface area contributed by atoms with Gasteiger partial charge in [0.25, 0.3) is 0 Å². The van der Waals surface area contributed by atoms with Gasteiger partial charge in [0.15, 0.2) is 11.8 Å². The van der Waals surface area contributed by atoms with Gasteiger partial charge in [0.05, 0.1) is 19.7 Å². The van der Waals surface area contributed by atoms with Gasteiger partial charge in [-0.15, -0.1) is 10.2 Å². The highest BCUT2D eigenvalue weighted by Crippen LogP contribution is 2.21. The number of nitrogens with zero attached hydrogens (tertiary/aromatic N) is 5. The van der Waals surface area contributed by atoms with E-state index in [0.717, 1.165) is 48.4 Å². The van der Waals surface area contributed by atoms with Crippen molar-refractivity contribution in [1.82, 2.24) is 30.3 Å². The van der Waals surface area contributed by atoms with Crippen molar-refractivity contribution in [1.29, 1.82) is 0 Å². The lowest BCUT2D eigenvalue weighted by molar-refractivity contribution is 0.267. The van der Waals surface area contributed by atoms with Crippen LogP contribution in [-0.4, -0.2) is 57.9 Å². The van der Waals surface area contributed by atoms with Gasteiger partial charge in [0, 0.05) is 25.2 Å². The SMILES string of the molecule is CCCOc1cc(C)ccc1CN=C(NCc1nnc(C)n1C)NCC1CCCN1CC. The van der Waals surface area contributed by atoms with E-state index in [1.165, 1.54) is 24.9 Å². The van der Waals surface area contributed by atoms with E-state index in [9.17, 15) is 0 Å². The number of aryl methyl sites for hydroxylation is 2. The Hall–Kier alpha value is -2.61. The zero-order valence-corrected chi connectivity index (χ0v) is 20.3. The lowest BCUT2D eigenvalue weighted by Crippen LogP contribution is -2.44. The van der Waals surface area contributed by atoms with Crippen LogP contribution in [0.2, 0.25) is 0 Å². The number of guanidine groups is 1. The number of hydrogen-bond donors (Lipinski definition) is 2. The van der Waals surface area contributed by atoms with Crippen LogP contribution in [0.1, 0.15) is 55.9 Å². The van der Waals surface area contributed by atoms with Crippen molar-refractivity contribution >= 4 is 5.96 Å². The van der Waals surface area contributed by atoms with E-state index in [1.807, 2.05) is 18.5 Å². The standard InChI is InChI=1S/C24H39N7O/c1-6-13-32-22-14-18(3)10-11-20(22)15-25-24(26-16-21-9-8-12-31(21)7-2)27-17-23-29-28-19(4)30(23)5/h10-11,14,21H,6-9,12-13,15-17H2,1-5H3,(H2,25,26,27). The van der Waals surface area contributed by atoms with Crippen molar-refractivity contribution in [3.05, 3.63) is 41.0 Å². The van der Waals surface area contributed by atoms with Crippen molar-refractivity contribution in [3.8, 4) is 5.75 Å². The summed E-state index contributed by atoms with van der Waals surface area (Å²) in [6.07, 6.45) is 3.47. The molecule has 0 amide bonds. The molecule has 1 aromatic heterocycles. The number of nitrogens with one attached hydrogen (secondary N) is 2. The molecule has 1 aliphatic heterocycles. The highest BCUT2D eigenvalue weighted by molar-refractivity contribution is 5.79. The van der Waals surface area contributed by atoms with E-state index < -0.39 is 0 Å². The molecule has 8 heteroatoms. The molecule has 1 atom stereocenters. The van der Waals surface area contributed by atoms with Gasteiger partial charge in [-0.05, 0) is 57.8 Å². The largest absolute Gasteiger partial charge is 0.493 e. The molecule has 1 aromatic carbocycles. The van der Waals surface area contributed by atoms with Crippen molar-refractivity contribution in [2.75, 3.05) is 26.2 Å². The van der Waals surface area contributed by atoms with Crippen LogP contribution < -0.4 is 15.4 Å². The van der Waals surface area contributed by atoms with Crippen molar-refractivity contribution in [2.24, 2.45) is 12.0 Å². The Bertz CT molecular complexity index is 892. The molecule has 176 valence electrons. The molecule has 0 radical (unpaired) electrons. The topological polar surface area (TPSA) is 79.6 Å². The molecule has 2 heterocycles. The Labute approximate surface area is 192 Å². The molecule has 8 nitrogen and oxygen atoms in total. The Morgan fingerprint density at radius 3 is 2.78 bits per heavy atom. The van der Waals surface area contributed by atoms with E-state index in [2.05, 4.69) is 64.7 Å². The fourth-order valence-corrected chi connectivity index (χ4v) is 4.00. The van der Waals surface area contributed by atoms with Gasteiger partial charge in [0.1, 0.15) is 11.6 Å². The number of likely N-dealkylation sites (N-methyl/N-ethyl adjacent to an activating group) is 1. The number of rotatable bonds is 10. The van der Waals surface area contributed by atoms with Crippen molar-refractivity contribution in [2.45, 2.75) is 66.1 Å². The molecule has 0 aliphatic carbocycles. The van der Waals surface area contributed by atoms with Gasteiger partial charge in [0.2, 0.25) is 0 Å². The molecule has 2 aromatic rings. The summed E-state index contributed by atoms with van der Waals surface area (Å²) in [6.45, 7) is 13.4. The van der Waals surface area contributed by atoms with E-state index in [-0.39, 0.29) is 0 Å². The number of aliphatic imine (C=N–C) groups is 1. The van der Waals surface area contributed by atoms with Crippen LogP contribution in [0.5, 0.6) is 5.75 Å². The first kappa shape index (κ1) is 24.0. The maximum Gasteiger partial charge on any atom is 0.192 e. The van der Waals surface area contributed by atoms with Crippen LogP contribution in [0.4, 0.5) is 0 Å². The zero-order chi connectivity index (χ0) is 22.9. The highest BCUT2D eigenvalue weighted by Gasteiger charge is 2.23. The first-order valence-corrected chi connectivity index (χ1v) is 11.8. The Morgan fingerprint density at radius 2 is 2.06 bits per heavy atom. The maximum atomic E-state index is 5.98. The van der Waals surface area contributed by atoms with Gasteiger partial charge in [-0.2, -0.15) is 0 Å². The second-order valence-corrected chi connectivity index (χ2v) is 8.51. The summed E-state index contributed by atoms with van der Waals surface area (Å²) in [4.78, 5) is 7.43. The molecule has 3 rings (SSSR count). The predicted molar refractivity (Wildman–Crippen MR) is 129 cm³/mol. The molecular formula is C24H39N7O. The van der Waals surface area contributed by atoms with E-state index >= 15 is 0 Å². The Balaban J connectivity index is 1.71. The minimum Gasteiger partial charge on any atom is -0.493 e. The molecule has 1 aliphatic rings. The number of hydrogen-bond acceptors (Lipinski definition) is 5. The van der Waals surface area contributed by atoms with Crippen LogP contribution in [0.15, 0.2) is 23.2 Å². The van der Waals surface area contributed by atoms with Crippen LogP contribution in [0, 0.1) is 13.8 Å². The normalized spacial score (nSPS) is 17.0. The summed E-state index contributed by atoms with van der Waals surface area (Å²) < 4.78 is 7.98.